The second kappa shape index (κ2) is 4.34. The fraction of sp³-hybridized carbons (Fsp3) is 0.333. The summed E-state index contributed by atoms with van der Waals surface area (Å²) in [6.45, 7) is 2.05. The van der Waals surface area contributed by atoms with E-state index >= 15 is 0 Å². The molecule has 0 spiro atoms. The maximum absolute atomic E-state index is 4.10. The lowest BCUT2D eigenvalue weighted by Crippen LogP contribution is -2.07. The molecule has 0 radical (unpaired) electrons. The maximum atomic E-state index is 4.10. The first-order chi connectivity index (χ1) is 9.13. The Bertz CT molecular complexity index is 712. The number of aryl methyl sites for hydroxylation is 2. The monoisotopic (exact) mass is 257 g/mol. The lowest BCUT2D eigenvalue weighted by Gasteiger charge is -2.12. The minimum absolute atomic E-state index is 0.0859. The van der Waals surface area contributed by atoms with Gasteiger partial charge in [0.2, 0.25) is 0 Å². The molecule has 7 heteroatoms. The fourth-order valence-corrected chi connectivity index (χ4v) is 2.02. The number of hydrogen-bond acceptors (Lipinski definition) is 5. The van der Waals surface area contributed by atoms with Crippen molar-refractivity contribution < 1.29 is 0 Å². The van der Waals surface area contributed by atoms with Gasteiger partial charge in [0, 0.05) is 19.8 Å². The molecule has 1 unspecified atom stereocenters. The van der Waals surface area contributed by atoms with Crippen molar-refractivity contribution in [1.29, 1.82) is 0 Å². The van der Waals surface area contributed by atoms with Gasteiger partial charge in [-0.05, 0) is 25.1 Å². The van der Waals surface area contributed by atoms with Crippen molar-refractivity contribution in [2.45, 2.75) is 13.0 Å². The molecule has 0 saturated heterocycles. The highest BCUT2D eigenvalue weighted by molar-refractivity contribution is 5.78. The summed E-state index contributed by atoms with van der Waals surface area (Å²) in [7, 11) is 3.74. The average Bonchev–Trinajstić information content (AvgIpc) is 2.97. The zero-order chi connectivity index (χ0) is 13.4. The summed E-state index contributed by atoms with van der Waals surface area (Å²) in [5.41, 5.74) is 3.78. The van der Waals surface area contributed by atoms with E-state index in [9.17, 15) is 0 Å². The third-order valence-electron chi connectivity index (χ3n) is 3.06. The standard InChI is InChI=1S/C12H15N7/c1-8(11-7-18(2)16-15-11)13-9-4-5-12-10(6-9)14-17-19(12)3/h4-8,13H,1-3H3. The van der Waals surface area contributed by atoms with Crippen molar-refractivity contribution in [3.05, 3.63) is 30.1 Å². The van der Waals surface area contributed by atoms with E-state index in [2.05, 4.69) is 25.9 Å². The smallest absolute Gasteiger partial charge is 0.115 e. The quantitative estimate of drug-likeness (QED) is 0.765. The van der Waals surface area contributed by atoms with E-state index in [4.69, 9.17) is 0 Å². The lowest BCUT2D eigenvalue weighted by molar-refractivity contribution is 0.711. The number of fused-ring (bicyclic) bond motifs is 1. The van der Waals surface area contributed by atoms with E-state index < -0.39 is 0 Å². The molecule has 7 nitrogen and oxygen atoms in total. The molecule has 0 amide bonds. The average molecular weight is 257 g/mol. The number of benzene rings is 1. The molecule has 0 bridgehead atoms. The summed E-state index contributed by atoms with van der Waals surface area (Å²) >= 11 is 0. The second-order valence-electron chi connectivity index (χ2n) is 4.60. The van der Waals surface area contributed by atoms with Crippen LogP contribution in [0.3, 0.4) is 0 Å². The Hall–Kier alpha value is -2.44. The van der Waals surface area contributed by atoms with Gasteiger partial charge in [0.05, 0.1) is 17.8 Å². The van der Waals surface area contributed by atoms with Gasteiger partial charge in [-0.15, -0.1) is 10.2 Å². The molecule has 98 valence electrons. The molecule has 2 heterocycles. The normalized spacial score (nSPS) is 12.8. The molecule has 0 aliphatic rings. The minimum atomic E-state index is 0.0859. The van der Waals surface area contributed by atoms with Crippen LogP contribution in [0, 0.1) is 0 Å². The molecule has 0 aliphatic carbocycles. The highest BCUT2D eigenvalue weighted by Crippen LogP contribution is 2.20. The van der Waals surface area contributed by atoms with Crippen LogP contribution < -0.4 is 5.32 Å². The van der Waals surface area contributed by atoms with Gasteiger partial charge in [-0.25, -0.2) is 4.68 Å². The van der Waals surface area contributed by atoms with Gasteiger partial charge >= 0.3 is 0 Å². The first kappa shape index (κ1) is 11.6. The van der Waals surface area contributed by atoms with Crippen LogP contribution in [0.15, 0.2) is 24.4 Å². The Morgan fingerprint density at radius 3 is 2.74 bits per heavy atom. The highest BCUT2D eigenvalue weighted by Gasteiger charge is 2.10. The first-order valence-corrected chi connectivity index (χ1v) is 6.05. The Kier molecular flexibility index (Phi) is 2.66. The van der Waals surface area contributed by atoms with Crippen LogP contribution in [0.1, 0.15) is 18.7 Å². The molecule has 0 saturated carbocycles. The molecule has 1 N–H and O–H groups in total. The van der Waals surface area contributed by atoms with Crippen molar-refractivity contribution in [3.63, 3.8) is 0 Å². The van der Waals surface area contributed by atoms with E-state index in [1.54, 1.807) is 9.36 Å². The molecule has 19 heavy (non-hydrogen) atoms. The van der Waals surface area contributed by atoms with Gasteiger partial charge in [-0.2, -0.15) is 0 Å². The number of nitrogens with one attached hydrogen (secondary N) is 1. The summed E-state index contributed by atoms with van der Waals surface area (Å²) < 4.78 is 3.45. The van der Waals surface area contributed by atoms with Crippen molar-refractivity contribution in [1.82, 2.24) is 30.0 Å². The fourth-order valence-electron chi connectivity index (χ4n) is 2.02. The largest absolute Gasteiger partial charge is 0.377 e. The number of rotatable bonds is 3. The van der Waals surface area contributed by atoms with Crippen molar-refractivity contribution in [3.8, 4) is 0 Å². The number of anilines is 1. The van der Waals surface area contributed by atoms with Crippen LogP contribution in [0.5, 0.6) is 0 Å². The van der Waals surface area contributed by atoms with Gasteiger partial charge in [0.25, 0.3) is 0 Å². The molecular weight excluding hydrogens is 242 g/mol. The van der Waals surface area contributed by atoms with Crippen molar-refractivity contribution in [2.24, 2.45) is 14.1 Å². The Morgan fingerprint density at radius 2 is 2.00 bits per heavy atom. The number of aromatic nitrogens is 6. The summed E-state index contributed by atoms with van der Waals surface area (Å²) in [4.78, 5) is 0. The van der Waals surface area contributed by atoms with E-state index in [0.29, 0.717) is 0 Å². The third kappa shape index (κ3) is 2.14. The summed E-state index contributed by atoms with van der Waals surface area (Å²) in [5.74, 6) is 0. The Balaban J connectivity index is 1.84. The molecule has 3 rings (SSSR count). The van der Waals surface area contributed by atoms with E-state index in [1.165, 1.54) is 0 Å². The second-order valence-corrected chi connectivity index (χ2v) is 4.60. The van der Waals surface area contributed by atoms with Gasteiger partial charge in [-0.3, -0.25) is 4.68 Å². The molecule has 0 fully saturated rings. The van der Waals surface area contributed by atoms with Crippen molar-refractivity contribution >= 4 is 16.7 Å². The Morgan fingerprint density at radius 1 is 1.16 bits per heavy atom. The molecule has 3 aromatic rings. The van der Waals surface area contributed by atoms with Crippen molar-refractivity contribution in [2.75, 3.05) is 5.32 Å². The van der Waals surface area contributed by atoms with E-state index in [0.717, 1.165) is 22.4 Å². The van der Waals surface area contributed by atoms with Gasteiger partial charge in [0.15, 0.2) is 0 Å². The predicted octanol–water partition coefficient (Wildman–Crippen LogP) is 1.27. The summed E-state index contributed by atoms with van der Waals surface area (Å²) in [6.07, 6.45) is 1.90. The van der Waals surface area contributed by atoms with E-state index in [-0.39, 0.29) is 6.04 Å². The minimum Gasteiger partial charge on any atom is -0.377 e. The van der Waals surface area contributed by atoms with Gasteiger partial charge < -0.3 is 5.32 Å². The Labute approximate surface area is 110 Å². The maximum Gasteiger partial charge on any atom is 0.115 e. The zero-order valence-electron chi connectivity index (χ0n) is 11.1. The van der Waals surface area contributed by atoms with Crippen LogP contribution in [0.2, 0.25) is 0 Å². The van der Waals surface area contributed by atoms with Crippen LogP contribution in [-0.4, -0.2) is 30.0 Å². The summed E-state index contributed by atoms with van der Waals surface area (Å²) in [6, 6.07) is 6.08. The van der Waals surface area contributed by atoms with E-state index in [1.807, 2.05) is 45.4 Å². The number of nitrogens with zero attached hydrogens (tertiary/aromatic N) is 6. The molecule has 0 aliphatic heterocycles. The van der Waals surface area contributed by atoms with Crippen LogP contribution in [-0.2, 0) is 14.1 Å². The molecule has 1 atom stereocenters. The third-order valence-corrected chi connectivity index (χ3v) is 3.06. The molecule has 1 aromatic carbocycles. The number of hydrogen-bond donors (Lipinski definition) is 1. The van der Waals surface area contributed by atoms with Crippen LogP contribution in [0.4, 0.5) is 5.69 Å². The topological polar surface area (TPSA) is 73.5 Å². The SMILES string of the molecule is CC(Nc1ccc2c(c1)nnn2C)c1cn(C)nn1. The highest BCUT2D eigenvalue weighted by atomic mass is 15.4. The van der Waals surface area contributed by atoms with Gasteiger partial charge in [0.1, 0.15) is 11.2 Å². The first-order valence-electron chi connectivity index (χ1n) is 6.05. The molecule has 2 aromatic heterocycles. The van der Waals surface area contributed by atoms with Gasteiger partial charge in [-0.1, -0.05) is 10.4 Å². The summed E-state index contributed by atoms with van der Waals surface area (Å²) in [5, 5.41) is 19.5. The lowest BCUT2D eigenvalue weighted by atomic mass is 10.2. The zero-order valence-corrected chi connectivity index (χ0v) is 11.1. The van der Waals surface area contributed by atoms with Crippen LogP contribution >= 0.6 is 0 Å². The molecular formula is C12H15N7. The predicted molar refractivity (Wildman–Crippen MR) is 71.5 cm³/mol. The van der Waals surface area contributed by atoms with Crippen LogP contribution in [0.25, 0.3) is 11.0 Å².